The number of hydrogen-bond donors (Lipinski definition) is 4. The van der Waals surface area contributed by atoms with Gasteiger partial charge in [-0.25, -0.2) is 67.5 Å². The van der Waals surface area contributed by atoms with Gasteiger partial charge >= 0.3 is 0 Å². The molecule has 0 aliphatic rings. The monoisotopic (exact) mass is 874 g/mol. The van der Waals surface area contributed by atoms with Crippen molar-refractivity contribution in [3.63, 3.8) is 0 Å². The highest BCUT2D eigenvalue weighted by Crippen LogP contribution is 2.35. The molecule has 0 saturated heterocycles. The van der Waals surface area contributed by atoms with Crippen LogP contribution in [0.5, 0.6) is 0 Å². The first kappa shape index (κ1) is 41.8. The van der Waals surface area contributed by atoms with Gasteiger partial charge in [-0.2, -0.15) is 0 Å². The molecule has 0 amide bonds. The van der Waals surface area contributed by atoms with E-state index in [1.54, 1.807) is 0 Å². The molecule has 0 bridgehead atoms. The number of H-pyrrole nitrogens is 2. The summed E-state index contributed by atoms with van der Waals surface area (Å²) in [4.78, 5) is 63.1. The van der Waals surface area contributed by atoms with Crippen molar-refractivity contribution in [1.29, 1.82) is 0 Å². The lowest BCUT2D eigenvalue weighted by atomic mass is 10.1. The van der Waals surface area contributed by atoms with Crippen molar-refractivity contribution in [1.82, 2.24) is 49.8 Å². The molecule has 0 saturated carbocycles. The number of nitro groups is 2. The first-order chi connectivity index (χ1) is 31.0. The van der Waals surface area contributed by atoms with Crippen molar-refractivity contribution in [2.75, 3.05) is 46.8 Å². The summed E-state index contributed by atoms with van der Waals surface area (Å²) in [7, 11) is 0. The Balaban J connectivity index is 1.27. The average molecular weight is 875 g/mol. The van der Waals surface area contributed by atoms with Gasteiger partial charge < -0.3 is 20.6 Å². The third-order valence-corrected chi connectivity index (χ3v) is 9.36. The van der Waals surface area contributed by atoms with Crippen LogP contribution in [0.15, 0.2) is 110 Å². The van der Waals surface area contributed by atoms with E-state index in [0.29, 0.717) is 12.1 Å². The number of benzene rings is 2. The Labute approximate surface area is 357 Å². The van der Waals surface area contributed by atoms with E-state index in [9.17, 15) is 29.0 Å². The second kappa shape index (κ2) is 18.3. The van der Waals surface area contributed by atoms with Crippen molar-refractivity contribution in [2.45, 2.75) is 0 Å². The molecule has 0 unspecified atom stereocenters. The topological polar surface area (TPSA) is 252 Å². The quantitative estimate of drug-likeness (QED) is 0.0408. The second-order valence-corrected chi connectivity index (χ2v) is 13.4. The van der Waals surface area contributed by atoms with E-state index in [1.165, 1.54) is 83.6 Å². The average Bonchev–Trinajstić information content (AvgIpc) is 4.04. The summed E-state index contributed by atoms with van der Waals surface area (Å²) in [5.74, 6) is -2.64. The first-order valence-electron chi connectivity index (χ1n) is 18.9. The Kier molecular flexibility index (Phi) is 12.0. The Bertz CT molecular complexity index is 2730. The van der Waals surface area contributed by atoms with Crippen molar-refractivity contribution >= 4 is 34.9 Å². The fourth-order valence-electron chi connectivity index (χ4n) is 6.37. The molecule has 6 heterocycles. The number of anilines is 4. The third-order valence-electron chi connectivity index (χ3n) is 9.36. The predicted molar refractivity (Wildman–Crippen MR) is 223 cm³/mol. The van der Waals surface area contributed by atoms with Crippen molar-refractivity contribution in [2.24, 2.45) is 0 Å². The highest BCUT2D eigenvalue weighted by molar-refractivity contribution is 5.80. The third kappa shape index (κ3) is 9.19. The summed E-state index contributed by atoms with van der Waals surface area (Å²) < 4.78 is 59.8. The number of nitrogens with one attached hydrogen (secondary N) is 4. The maximum Gasteiger partial charge on any atom is 0.287 e. The minimum absolute atomic E-state index is 0.00348. The molecular weight excluding hydrogens is 845 g/mol. The van der Waals surface area contributed by atoms with Gasteiger partial charge in [-0.1, -0.05) is 0 Å². The number of imidazole rings is 2. The van der Waals surface area contributed by atoms with Gasteiger partial charge in [0, 0.05) is 85.7 Å². The van der Waals surface area contributed by atoms with Gasteiger partial charge in [-0.05, 0) is 36.4 Å². The molecule has 0 spiro atoms. The van der Waals surface area contributed by atoms with Crippen LogP contribution in [-0.2, 0) is 0 Å². The minimum Gasteiger partial charge on any atom is -0.368 e. The van der Waals surface area contributed by atoms with Crippen LogP contribution in [0.25, 0.3) is 45.3 Å². The summed E-state index contributed by atoms with van der Waals surface area (Å²) in [6.07, 6.45) is 10.9. The zero-order chi connectivity index (χ0) is 44.7. The first-order valence-corrected chi connectivity index (χ1v) is 18.9. The van der Waals surface area contributed by atoms with Gasteiger partial charge in [0.15, 0.2) is 0 Å². The van der Waals surface area contributed by atoms with Gasteiger partial charge in [0.05, 0.1) is 45.5 Å². The summed E-state index contributed by atoms with van der Waals surface area (Å²) in [6.45, 7) is -0.0644. The number of hydrazine groups is 1. The number of aromatic nitrogens is 10. The number of rotatable bonds is 17. The molecule has 0 fully saturated rings. The summed E-state index contributed by atoms with van der Waals surface area (Å²) in [5.41, 5.74) is -0.168. The molecule has 322 valence electrons. The van der Waals surface area contributed by atoms with E-state index in [2.05, 4.69) is 50.5 Å². The van der Waals surface area contributed by atoms with E-state index in [4.69, 9.17) is 9.97 Å². The summed E-state index contributed by atoms with van der Waals surface area (Å²) in [5, 5.41) is 31.8. The fraction of sp³-hybridized carbons (Fsp3) is 0.100. The van der Waals surface area contributed by atoms with Crippen LogP contribution in [0.3, 0.4) is 0 Å². The van der Waals surface area contributed by atoms with Crippen molar-refractivity contribution in [3.05, 3.63) is 154 Å². The largest absolute Gasteiger partial charge is 0.368 e. The van der Waals surface area contributed by atoms with Crippen LogP contribution in [0, 0.1) is 43.5 Å². The Hall–Kier alpha value is -8.96. The molecule has 0 aliphatic carbocycles. The predicted octanol–water partition coefficient (Wildman–Crippen LogP) is 7.00. The summed E-state index contributed by atoms with van der Waals surface area (Å²) >= 11 is 0. The Morgan fingerprint density at radius 2 is 0.984 bits per heavy atom. The minimum atomic E-state index is -0.936. The Morgan fingerprint density at radius 1 is 0.547 bits per heavy atom. The number of pyridine rings is 2. The van der Waals surface area contributed by atoms with Crippen LogP contribution in [0.2, 0.25) is 0 Å². The molecule has 64 heavy (non-hydrogen) atoms. The Morgan fingerprint density at radius 3 is 1.33 bits per heavy atom. The fourth-order valence-corrected chi connectivity index (χ4v) is 6.37. The number of nitrogens with zero attached hydrogens (tertiary/aromatic N) is 12. The van der Waals surface area contributed by atoms with Crippen molar-refractivity contribution in [3.8, 4) is 45.3 Å². The van der Waals surface area contributed by atoms with Crippen LogP contribution in [0.4, 0.5) is 52.5 Å². The molecule has 0 aliphatic heterocycles. The molecule has 24 heteroatoms. The van der Waals surface area contributed by atoms with E-state index in [-0.39, 0.29) is 106 Å². The van der Waals surface area contributed by atoms with E-state index in [0.717, 1.165) is 24.5 Å². The van der Waals surface area contributed by atoms with E-state index < -0.39 is 33.1 Å². The van der Waals surface area contributed by atoms with Gasteiger partial charge in [-0.3, -0.25) is 20.2 Å². The lowest BCUT2D eigenvalue weighted by molar-refractivity contribution is -0.385. The van der Waals surface area contributed by atoms with Gasteiger partial charge in [0.2, 0.25) is 11.9 Å². The lowest BCUT2D eigenvalue weighted by Gasteiger charge is -2.35. The SMILES string of the molecule is O=[N+]([O-])c1ccc(NCCN(c2ncc(-c3ncc[nH]3)c(-c3ccc(F)cc3F)n2)N(CCNc2ccc([N+](=O)[O-])cn2)c2ncc(-c3ncc[nH]3)c(-c3ccc(F)cc3F)n2)nc1. The zero-order valence-corrected chi connectivity index (χ0v) is 32.7. The molecule has 8 rings (SSSR count). The van der Waals surface area contributed by atoms with Crippen LogP contribution >= 0.6 is 0 Å². The molecule has 2 aromatic carbocycles. The van der Waals surface area contributed by atoms with E-state index >= 15 is 8.78 Å². The standard InChI is InChI=1S/C40H30F4N16O4/c41-23-1-5-27(31(43)17-23)35-29(37-47-9-10-48-37)21-53-39(55-35)57(15-13-45-33-7-3-25(19-51-33)59(61)62)58(16-14-46-34-8-4-26(20-52-34)60(63)64)40-54-22-30(38-49-11-12-50-38)36(56-40)28-6-2-24(42)18-32(28)44/h1-12,17-22H,13-16H2,(H,45,51)(H,46,52)(H,47,48)(H,49,50). The zero-order valence-electron chi connectivity index (χ0n) is 32.7. The highest BCUT2D eigenvalue weighted by Gasteiger charge is 2.27. The molecule has 8 aromatic rings. The number of hydrogen-bond acceptors (Lipinski definition) is 16. The molecule has 0 radical (unpaired) electrons. The maximum absolute atomic E-state index is 15.6. The molecule has 6 aromatic heterocycles. The van der Waals surface area contributed by atoms with Crippen LogP contribution < -0.4 is 20.7 Å². The van der Waals surface area contributed by atoms with Crippen molar-refractivity contribution < 1.29 is 27.4 Å². The highest BCUT2D eigenvalue weighted by atomic mass is 19.1. The molecule has 4 N–H and O–H groups in total. The maximum atomic E-state index is 15.6. The van der Waals surface area contributed by atoms with Gasteiger partial charge in [-0.15, -0.1) is 0 Å². The molecule has 0 atom stereocenters. The van der Waals surface area contributed by atoms with E-state index in [1.807, 2.05) is 0 Å². The van der Waals surface area contributed by atoms with Gasteiger partial charge in [0.1, 0.15) is 58.9 Å². The molecular formula is C40H30F4N16O4. The number of halogens is 4. The second-order valence-electron chi connectivity index (χ2n) is 13.4. The molecule has 20 nitrogen and oxygen atoms in total. The number of aromatic amines is 2. The lowest BCUT2D eigenvalue weighted by Crippen LogP contribution is -2.49. The smallest absolute Gasteiger partial charge is 0.287 e. The normalized spacial score (nSPS) is 11.0. The van der Waals surface area contributed by atoms with Crippen LogP contribution in [-0.4, -0.2) is 85.9 Å². The summed E-state index contributed by atoms with van der Waals surface area (Å²) in [6, 6.07) is 11.3. The van der Waals surface area contributed by atoms with Crippen LogP contribution in [0.1, 0.15) is 0 Å². The van der Waals surface area contributed by atoms with Gasteiger partial charge in [0.25, 0.3) is 11.4 Å².